The molecule has 0 bridgehead atoms. The van der Waals surface area contributed by atoms with E-state index in [0.717, 1.165) is 25.9 Å². The monoisotopic (exact) mass is 589 g/mol. The Labute approximate surface area is 218 Å². The Hall–Kier alpha value is -2.66. The van der Waals surface area contributed by atoms with Crippen LogP contribution in [0.3, 0.4) is 0 Å². The number of hydrogen-bond donors (Lipinski definition) is 2. The normalized spacial score (nSPS) is 11.7. The van der Waals surface area contributed by atoms with Crippen LogP contribution in [0.1, 0.15) is 45.8 Å². The zero-order valence-electron chi connectivity index (χ0n) is 19.7. The Morgan fingerprint density at radius 1 is 1.18 bits per heavy atom. The molecule has 1 aromatic heterocycles. The number of aromatic nitrogens is 3. The molecule has 9 heteroatoms. The van der Waals surface area contributed by atoms with E-state index < -0.39 is 0 Å². The minimum absolute atomic E-state index is 0.118. The molecule has 0 saturated heterocycles. The molecule has 0 aliphatic heterocycles. The van der Waals surface area contributed by atoms with E-state index in [1.807, 2.05) is 62.6 Å². The van der Waals surface area contributed by atoms with Crippen LogP contribution >= 0.6 is 34.4 Å². The van der Waals surface area contributed by atoms with Crippen molar-refractivity contribution in [3.63, 3.8) is 0 Å². The van der Waals surface area contributed by atoms with Crippen molar-refractivity contribution in [3.05, 3.63) is 80.7 Å². The van der Waals surface area contributed by atoms with E-state index in [1.165, 1.54) is 11.8 Å². The smallest absolute Gasteiger partial charge is 0.251 e. The van der Waals surface area contributed by atoms with Crippen LogP contribution in [-0.2, 0) is 11.3 Å². The van der Waals surface area contributed by atoms with E-state index in [1.54, 1.807) is 12.1 Å². The Kier molecular flexibility index (Phi) is 8.90. The standard InChI is InChI=1S/C25H28IN5O2S/c1-6-10-31-23(18(5)27-24(33)19-9-7-8-15(2)11-19)29-30-25(31)34-14-21(32)28-22-16(3)12-20(26)13-17(22)4/h6-9,11-13,18H,1,10,14H2,2-5H3,(H,27,33)(H,28,32)/t18-/m0/s1. The third kappa shape index (κ3) is 6.47. The van der Waals surface area contributed by atoms with Gasteiger partial charge in [-0.3, -0.25) is 9.59 Å². The predicted molar refractivity (Wildman–Crippen MR) is 145 cm³/mol. The molecule has 3 rings (SSSR count). The quantitative estimate of drug-likeness (QED) is 0.203. The third-order valence-corrected chi connectivity index (χ3v) is 6.76. The van der Waals surface area contributed by atoms with Crippen molar-refractivity contribution in [2.45, 2.75) is 45.4 Å². The molecule has 1 heterocycles. The van der Waals surface area contributed by atoms with Crippen molar-refractivity contribution in [1.29, 1.82) is 0 Å². The van der Waals surface area contributed by atoms with Gasteiger partial charge in [-0.15, -0.1) is 16.8 Å². The summed E-state index contributed by atoms with van der Waals surface area (Å²) >= 11 is 3.57. The second-order valence-corrected chi connectivity index (χ2v) is 10.2. The van der Waals surface area contributed by atoms with Crippen LogP contribution in [0.25, 0.3) is 0 Å². The van der Waals surface area contributed by atoms with Gasteiger partial charge in [0.25, 0.3) is 5.91 Å². The lowest BCUT2D eigenvalue weighted by Gasteiger charge is -2.15. The van der Waals surface area contributed by atoms with E-state index >= 15 is 0 Å². The Balaban J connectivity index is 1.69. The molecule has 2 N–H and O–H groups in total. The summed E-state index contributed by atoms with van der Waals surface area (Å²) in [5.41, 5.74) is 4.50. The van der Waals surface area contributed by atoms with Gasteiger partial charge in [-0.2, -0.15) is 0 Å². The number of rotatable bonds is 9. The highest BCUT2D eigenvalue weighted by atomic mass is 127. The molecule has 7 nitrogen and oxygen atoms in total. The number of amides is 2. The zero-order chi connectivity index (χ0) is 24.8. The highest BCUT2D eigenvalue weighted by molar-refractivity contribution is 14.1. The Morgan fingerprint density at radius 3 is 2.53 bits per heavy atom. The third-order valence-electron chi connectivity index (χ3n) is 5.17. The molecule has 3 aromatic rings. The van der Waals surface area contributed by atoms with Gasteiger partial charge >= 0.3 is 0 Å². The maximum atomic E-state index is 12.7. The number of halogens is 1. The number of carbonyl (C=O) groups is 2. The van der Waals surface area contributed by atoms with Gasteiger partial charge in [0.15, 0.2) is 11.0 Å². The molecule has 178 valence electrons. The first-order valence-electron chi connectivity index (χ1n) is 10.8. The molecule has 0 aliphatic carbocycles. The molecular formula is C25H28IN5O2S. The number of carbonyl (C=O) groups excluding carboxylic acids is 2. The molecule has 0 fully saturated rings. The summed E-state index contributed by atoms with van der Waals surface area (Å²) in [4.78, 5) is 25.3. The fourth-order valence-electron chi connectivity index (χ4n) is 3.57. The van der Waals surface area contributed by atoms with Gasteiger partial charge in [-0.25, -0.2) is 0 Å². The lowest BCUT2D eigenvalue weighted by Crippen LogP contribution is -2.29. The molecule has 34 heavy (non-hydrogen) atoms. The number of aryl methyl sites for hydroxylation is 3. The predicted octanol–water partition coefficient (Wildman–Crippen LogP) is 5.22. The van der Waals surface area contributed by atoms with Crippen LogP contribution < -0.4 is 10.6 Å². The summed E-state index contributed by atoms with van der Waals surface area (Å²) < 4.78 is 3.00. The second kappa shape index (κ2) is 11.7. The van der Waals surface area contributed by atoms with E-state index in [9.17, 15) is 9.59 Å². The Bertz CT molecular complexity index is 1200. The van der Waals surface area contributed by atoms with Crippen molar-refractivity contribution in [2.24, 2.45) is 0 Å². The van der Waals surface area contributed by atoms with E-state index in [0.29, 0.717) is 23.1 Å². The maximum absolute atomic E-state index is 12.7. The average molecular weight is 590 g/mol. The maximum Gasteiger partial charge on any atom is 0.251 e. The largest absolute Gasteiger partial charge is 0.342 e. The number of anilines is 1. The van der Waals surface area contributed by atoms with Crippen molar-refractivity contribution in [2.75, 3.05) is 11.1 Å². The van der Waals surface area contributed by atoms with E-state index in [4.69, 9.17) is 0 Å². The minimum atomic E-state index is -0.374. The van der Waals surface area contributed by atoms with Crippen LogP contribution in [0.2, 0.25) is 0 Å². The molecule has 2 aromatic carbocycles. The van der Waals surface area contributed by atoms with Gasteiger partial charge < -0.3 is 15.2 Å². The van der Waals surface area contributed by atoms with Gasteiger partial charge in [0.2, 0.25) is 5.91 Å². The van der Waals surface area contributed by atoms with Crippen LogP contribution in [0.4, 0.5) is 5.69 Å². The fraction of sp³-hybridized carbons (Fsp3) is 0.280. The first-order chi connectivity index (χ1) is 16.2. The van der Waals surface area contributed by atoms with Gasteiger partial charge in [0, 0.05) is 21.4 Å². The summed E-state index contributed by atoms with van der Waals surface area (Å²) in [6.45, 7) is 12.1. The van der Waals surface area contributed by atoms with Crippen LogP contribution in [0.5, 0.6) is 0 Å². The lowest BCUT2D eigenvalue weighted by molar-refractivity contribution is -0.113. The fourth-order valence-corrected chi connectivity index (χ4v) is 5.26. The first kappa shape index (κ1) is 26.0. The van der Waals surface area contributed by atoms with Crippen molar-refractivity contribution in [3.8, 4) is 0 Å². The van der Waals surface area contributed by atoms with E-state index in [2.05, 4.69) is 50.0 Å². The molecule has 1 atom stereocenters. The lowest BCUT2D eigenvalue weighted by atomic mass is 10.1. The molecule has 0 radical (unpaired) electrons. The number of nitrogens with one attached hydrogen (secondary N) is 2. The summed E-state index contributed by atoms with van der Waals surface area (Å²) in [5, 5.41) is 15.2. The number of thioether (sulfide) groups is 1. The topological polar surface area (TPSA) is 88.9 Å². The van der Waals surface area contributed by atoms with Crippen molar-refractivity contribution < 1.29 is 9.59 Å². The summed E-state index contributed by atoms with van der Waals surface area (Å²) in [6, 6.07) is 11.1. The van der Waals surface area contributed by atoms with Gasteiger partial charge in [-0.05, 0) is 85.7 Å². The number of hydrogen-bond acceptors (Lipinski definition) is 5. The number of benzene rings is 2. The average Bonchev–Trinajstić information content (AvgIpc) is 3.17. The minimum Gasteiger partial charge on any atom is -0.342 e. The summed E-state index contributed by atoms with van der Waals surface area (Å²) in [7, 11) is 0. The van der Waals surface area contributed by atoms with Gasteiger partial charge in [0.05, 0.1) is 11.8 Å². The van der Waals surface area contributed by atoms with Crippen molar-refractivity contribution in [1.82, 2.24) is 20.1 Å². The SMILES string of the molecule is C=CCn1c(SCC(=O)Nc2c(C)cc(I)cc2C)nnc1[C@H](C)NC(=O)c1cccc(C)c1. The summed E-state index contributed by atoms with van der Waals surface area (Å²) in [5.74, 6) is 0.492. The zero-order valence-corrected chi connectivity index (χ0v) is 22.7. The van der Waals surface area contributed by atoms with Crippen LogP contribution in [0, 0.1) is 24.3 Å². The molecular weight excluding hydrogens is 561 g/mol. The highest BCUT2D eigenvalue weighted by Gasteiger charge is 2.21. The second-order valence-electron chi connectivity index (χ2n) is 8.06. The molecule has 0 spiro atoms. The molecule has 0 saturated carbocycles. The van der Waals surface area contributed by atoms with Gasteiger partial charge in [-0.1, -0.05) is 35.5 Å². The summed E-state index contributed by atoms with van der Waals surface area (Å²) in [6.07, 6.45) is 1.74. The van der Waals surface area contributed by atoms with E-state index in [-0.39, 0.29) is 23.6 Å². The molecule has 0 unspecified atom stereocenters. The van der Waals surface area contributed by atoms with Crippen LogP contribution in [-0.4, -0.2) is 32.3 Å². The van der Waals surface area contributed by atoms with Crippen molar-refractivity contribution >= 4 is 51.9 Å². The highest BCUT2D eigenvalue weighted by Crippen LogP contribution is 2.25. The first-order valence-corrected chi connectivity index (χ1v) is 12.9. The van der Waals surface area contributed by atoms with Gasteiger partial charge in [0.1, 0.15) is 0 Å². The number of allylic oxidation sites excluding steroid dienone is 1. The van der Waals surface area contributed by atoms with Crippen LogP contribution in [0.15, 0.2) is 54.2 Å². The molecule has 2 amide bonds. The Morgan fingerprint density at radius 2 is 1.88 bits per heavy atom. The number of nitrogens with zero attached hydrogens (tertiary/aromatic N) is 3. The molecule has 0 aliphatic rings.